The predicted molar refractivity (Wildman–Crippen MR) is 159 cm³/mol. The third-order valence-electron chi connectivity index (χ3n) is 8.42. The van der Waals surface area contributed by atoms with Gasteiger partial charge in [-0.25, -0.2) is 0 Å². The van der Waals surface area contributed by atoms with Crippen LogP contribution in [0.5, 0.6) is 11.5 Å². The fourth-order valence-electron chi connectivity index (χ4n) is 6.12. The van der Waals surface area contributed by atoms with E-state index in [2.05, 4.69) is 41.5 Å². The van der Waals surface area contributed by atoms with Crippen LogP contribution in [0.4, 0.5) is 5.69 Å². The molecule has 2 heterocycles. The summed E-state index contributed by atoms with van der Waals surface area (Å²) in [4.78, 5) is 2.60. The lowest BCUT2D eigenvalue weighted by atomic mass is 9.85. The largest absolute Gasteiger partial charge is 0.506 e. The van der Waals surface area contributed by atoms with Gasteiger partial charge in [-0.2, -0.15) is 0 Å². The van der Waals surface area contributed by atoms with E-state index in [1.54, 1.807) is 20.3 Å². The quantitative estimate of drug-likeness (QED) is 0.227. The minimum atomic E-state index is -0.0631. The van der Waals surface area contributed by atoms with E-state index in [1.165, 1.54) is 24.8 Å². The minimum Gasteiger partial charge on any atom is -0.506 e. The SMILES string of the molecule is COCCCNc1cc(CO[C@H]2CNC[C@@H](OCCN3C(C)CCC[C@H]3C)C2c2ccc(OC)cc2)ccc1O. The number of benzene rings is 2. The fourth-order valence-corrected chi connectivity index (χ4v) is 6.12. The van der Waals surface area contributed by atoms with Crippen LogP contribution in [0.3, 0.4) is 0 Å². The Morgan fingerprint density at radius 3 is 2.38 bits per heavy atom. The summed E-state index contributed by atoms with van der Waals surface area (Å²) in [7, 11) is 3.39. The number of anilines is 1. The Hall–Kier alpha value is -2.36. The molecule has 2 unspecified atom stereocenters. The number of likely N-dealkylation sites (tertiary alicyclic amines) is 1. The third-order valence-corrected chi connectivity index (χ3v) is 8.42. The molecule has 0 spiro atoms. The third kappa shape index (κ3) is 8.33. The van der Waals surface area contributed by atoms with Crippen molar-refractivity contribution in [1.29, 1.82) is 0 Å². The van der Waals surface area contributed by atoms with Crippen LogP contribution in [-0.4, -0.2) is 87.9 Å². The van der Waals surface area contributed by atoms with Crippen molar-refractivity contribution >= 4 is 5.69 Å². The standard InChI is InChI=1S/C32H49N3O5/c1-23-7-5-8-24(2)35(23)16-18-39-30-20-33-21-31(32(30)26-10-12-27(38-4)13-11-26)40-22-25-9-14-29(36)28(19-25)34-15-6-17-37-3/h9-14,19,23-24,30-34,36H,5-8,15-18,20-22H2,1-4H3/t23-,24?,30-,31+,32?/m1/s1. The number of nitrogens with zero attached hydrogens (tertiary/aromatic N) is 1. The molecule has 2 aliphatic rings. The number of rotatable bonds is 14. The molecule has 4 rings (SSSR count). The van der Waals surface area contributed by atoms with E-state index in [0.717, 1.165) is 43.9 Å². The molecule has 2 aromatic rings. The van der Waals surface area contributed by atoms with Gasteiger partial charge in [0.05, 0.1) is 38.2 Å². The van der Waals surface area contributed by atoms with E-state index >= 15 is 0 Å². The second kappa shape index (κ2) is 15.6. The molecule has 3 N–H and O–H groups in total. The van der Waals surface area contributed by atoms with Crippen molar-refractivity contribution in [2.45, 2.75) is 76.3 Å². The van der Waals surface area contributed by atoms with E-state index in [0.29, 0.717) is 37.6 Å². The second-order valence-electron chi connectivity index (χ2n) is 11.2. The molecule has 8 heteroatoms. The number of hydrogen-bond acceptors (Lipinski definition) is 8. The van der Waals surface area contributed by atoms with E-state index in [-0.39, 0.29) is 23.9 Å². The van der Waals surface area contributed by atoms with Crippen molar-refractivity contribution in [3.8, 4) is 11.5 Å². The first-order valence-corrected chi connectivity index (χ1v) is 14.9. The van der Waals surface area contributed by atoms with Crippen molar-refractivity contribution in [2.75, 3.05) is 58.9 Å². The van der Waals surface area contributed by atoms with Crippen LogP contribution in [0.1, 0.15) is 56.6 Å². The first-order chi connectivity index (χ1) is 19.5. The average molecular weight is 556 g/mol. The van der Waals surface area contributed by atoms with E-state index < -0.39 is 0 Å². The highest BCUT2D eigenvalue weighted by Gasteiger charge is 2.36. The van der Waals surface area contributed by atoms with E-state index in [9.17, 15) is 5.11 Å². The first-order valence-electron chi connectivity index (χ1n) is 14.9. The molecule has 2 aromatic carbocycles. The molecule has 2 fully saturated rings. The lowest BCUT2D eigenvalue weighted by molar-refractivity contribution is -0.0669. The lowest BCUT2D eigenvalue weighted by Gasteiger charge is -2.41. The van der Waals surface area contributed by atoms with Gasteiger partial charge in [0.25, 0.3) is 0 Å². The molecule has 5 atom stereocenters. The molecular formula is C32H49N3O5. The number of piperidine rings is 2. The zero-order valence-electron chi connectivity index (χ0n) is 24.7. The van der Waals surface area contributed by atoms with Gasteiger partial charge in [0, 0.05) is 57.9 Å². The molecule has 2 saturated heterocycles. The Bertz CT molecular complexity index is 1010. The van der Waals surface area contributed by atoms with E-state index in [1.807, 2.05) is 24.3 Å². The number of ether oxygens (including phenoxy) is 4. The van der Waals surface area contributed by atoms with Crippen LogP contribution < -0.4 is 15.4 Å². The second-order valence-corrected chi connectivity index (χ2v) is 11.2. The Morgan fingerprint density at radius 1 is 0.950 bits per heavy atom. The topological polar surface area (TPSA) is 84.5 Å². The summed E-state index contributed by atoms with van der Waals surface area (Å²) in [6, 6.07) is 15.1. The highest BCUT2D eigenvalue weighted by Crippen LogP contribution is 2.33. The Labute approximate surface area is 240 Å². The molecule has 0 bridgehead atoms. The summed E-state index contributed by atoms with van der Waals surface area (Å²) < 4.78 is 23.7. The number of phenolic OH excluding ortho intramolecular Hbond substituents is 1. The smallest absolute Gasteiger partial charge is 0.138 e. The lowest BCUT2D eigenvalue weighted by Crippen LogP contribution is -2.51. The summed E-state index contributed by atoms with van der Waals surface area (Å²) in [5.74, 6) is 1.17. The van der Waals surface area contributed by atoms with Gasteiger partial charge in [-0.05, 0) is 68.5 Å². The monoisotopic (exact) mass is 555 g/mol. The molecule has 0 amide bonds. The van der Waals surface area contributed by atoms with Gasteiger partial charge in [-0.3, -0.25) is 4.90 Å². The Balaban J connectivity index is 1.43. The van der Waals surface area contributed by atoms with Gasteiger partial charge >= 0.3 is 0 Å². The van der Waals surface area contributed by atoms with Crippen molar-refractivity contribution in [3.63, 3.8) is 0 Å². The summed E-state index contributed by atoms with van der Waals surface area (Å²) in [5, 5.41) is 17.2. The summed E-state index contributed by atoms with van der Waals surface area (Å²) in [5.41, 5.74) is 2.92. The normalized spacial score (nSPS) is 25.6. The Morgan fingerprint density at radius 2 is 1.68 bits per heavy atom. The van der Waals surface area contributed by atoms with Gasteiger partial charge < -0.3 is 34.7 Å². The van der Waals surface area contributed by atoms with Crippen LogP contribution in [0.25, 0.3) is 0 Å². The highest BCUT2D eigenvalue weighted by molar-refractivity contribution is 5.57. The van der Waals surface area contributed by atoms with Crippen LogP contribution >= 0.6 is 0 Å². The van der Waals surface area contributed by atoms with E-state index in [4.69, 9.17) is 18.9 Å². The van der Waals surface area contributed by atoms with Crippen LogP contribution in [0, 0.1) is 0 Å². The zero-order valence-corrected chi connectivity index (χ0v) is 24.7. The van der Waals surface area contributed by atoms with Gasteiger partial charge in [0.1, 0.15) is 11.5 Å². The number of hydrogen-bond donors (Lipinski definition) is 3. The molecule has 8 nitrogen and oxygen atoms in total. The molecule has 2 aliphatic heterocycles. The van der Waals surface area contributed by atoms with Gasteiger partial charge in [-0.15, -0.1) is 0 Å². The molecule has 0 radical (unpaired) electrons. The van der Waals surface area contributed by atoms with Crippen LogP contribution in [0.2, 0.25) is 0 Å². The summed E-state index contributed by atoms with van der Waals surface area (Å²) >= 11 is 0. The zero-order chi connectivity index (χ0) is 28.3. The first kappa shape index (κ1) is 30.6. The highest BCUT2D eigenvalue weighted by atomic mass is 16.5. The summed E-state index contributed by atoms with van der Waals surface area (Å²) in [6.07, 6.45) is 4.65. The molecule has 0 aliphatic carbocycles. The number of aromatic hydroxyl groups is 1. The summed E-state index contributed by atoms with van der Waals surface area (Å²) in [6.45, 7) is 9.72. The van der Waals surface area contributed by atoms with Gasteiger partial charge in [-0.1, -0.05) is 24.6 Å². The maximum atomic E-state index is 10.3. The van der Waals surface area contributed by atoms with Gasteiger partial charge in [0.2, 0.25) is 0 Å². The number of nitrogens with one attached hydrogen (secondary N) is 2. The average Bonchev–Trinajstić information content (AvgIpc) is 2.97. The molecular weight excluding hydrogens is 506 g/mol. The Kier molecular flexibility index (Phi) is 11.9. The maximum absolute atomic E-state index is 10.3. The predicted octanol–water partition coefficient (Wildman–Crippen LogP) is 4.77. The molecule has 0 aromatic heterocycles. The maximum Gasteiger partial charge on any atom is 0.138 e. The van der Waals surface area contributed by atoms with Gasteiger partial charge in [0.15, 0.2) is 0 Å². The number of phenols is 1. The molecule has 222 valence electrons. The van der Waals surface area contributed by atoms with Crippen molar-refractivity contribution in [2.24, 2.45) is 0 Å². The number of methoxy groups -OCH3 is 2. The van der Waals surface area contributed by atoms with Crippen molar-refractivity contribution in [1.82, 2.24) is 10.2 Å². The molecule has 40 heavy (non-hydrogen) atoms. The van der Waals surface area contributed by atoms with Crippen molar-refractivity contribution in [3.05, 3.63) is 53.6 Å². The van der Waals surface area contributed by atoms with Crippen molar-refractivity contribution < 1.29 is 24.1 Å². The fraction of sp³-hybridized carbons (Fsp3) is 0.625. The van der Waals surface area contributed by atoms with Crippen LogP contribution in [-0.2, 0) is 20.8 Å². The molecule has 0 saturated carbocycles. The minimum absolute atomic E-state index is 0.000350. The van der Waals surface area contributed by atoms with Crippen LogP contribution in [0.15, 0.2) is 42.5 Å².